The van der Waals surface area contributed by atoms with E-state index in [4.69, 9.17) is 0 Å². The molecule has 23 heavy (non-hydrogen) atoms. The first-order valence-corrected chi connectivity index (χ1v) is 13.8. The average Bonchev–Trinajstić information content (AvgIpc) is 2.57. The summed E-state index contributed by atoms with van der Waals surface area (Å²) in [5.41, 5.74) is -0.490. The van der Waals surface area contributed by atoms with Gasteiger partial charge in [-0.05, 0) is 0 Å². The molecule has 0 saturated heterocycles. The van der Waals surface area contributed by atoms with Crippen LogP contribution in [0.3, 0.4) is 0 Å². The van der Waals surface area contributed by atoms with E-state index < -0.39 is 31.5 Å². The van der Waals surface area contributed by atoms with E-state index in [0.29, 0.717) is 0 Å². The third-order valence-corrected chi connectivity index (χ3v) is 16.8. The molecule has 0 unspecified atom stereocenters. The quantitative estimate of drug-likeness (QED) is 0.511. The van der Waals surface area contributed by atoms with E-state index in [1.165, 1.54) is 79.9 Å². The van der Waals surface area contributed by atoms with Crippen molar-refractivity contribution >= 4 is 23.3 Å². The van der Waals surface area contributed by atoms with Gasteiger partial charge in [-0.3, -0.25) is 0 Å². The van der Waals surface area contributed by atoms with E-state index in [0.717, 1.165) is 7.87 Å². The van der Waals surface area contributed by atoms with E-state index >= 15 is 0 Å². The van der Waals surface area contributed by atoms with Gasteiger partial charge in [0.05, 0.1) is 0 Å². The normalized spacial score (nSPS) is 21.7. The van der Waals surface area contributed by atoms with Crippen LogP contribution in [0.25, 0.3) is 0 Å². The van der Waals surface area contributed by atoms with Crippen LogP contribution >= 0.6 is 0 Å². The van der Waals surface area contributed by atoms with Crippen molar-refractivity contribution in [3.05, 3.63) is 29.8 Å². The number of hydrogen-bond acceptors (Lipinski definition) is 0. The fourth-order valence-corrected chi connectivity index (χ4v) is 16.5. The van der Waals surface area contributed by atoms with Crippen LogP contribution in [-0.2, 0) is 6.18 Å². The van der Waals surface area contributed by atoms with Gasteiger partial charge in [0, 0.05) is 0 Å². The number of rotatable bonds is 3. The summed E-state index contributed by atoms with van der Waals surface area (Å²) in [6.07, 6.45) is 9.19. The van der Waals surface area contributed by atoms with Crippen LogP contribution in [0.5, 0.6) is 0 Å². The molecule has 1 aromatic rings. The molecule has 4 heteroatoms. The number of hydrogen-bond donors (Lipinski definition) is 0. The maximum atomic E-state index is 12.8. The third-order valence-electron chi connectivity index (χ3n) is 5.64. The molecule has 127 valence electrons. The van der Waals surface area contributed by atoms with Gasteiger partial charge in [-0.2, -0.15) is 0 Å². The van der Waals surface area contributed by atoms with Gasteiger partial charge in [0.25, 0.3) is 0 Å². The molecule has 0 N–H and O–H groups in total. The summed E-state index contributed by atoms with van der Waals surface area (Å²) in [4.78, 5) is 0. The van der Waals surface area contributed by atoms with E-state index in [1.54, 1.807) is 0 Å². The molecule has 2 aliphatic carbocycles. The van der Waals surface area contributed by atoms with E-state index in [-0.39, 0.29) is 0 Å². The molecule has 3 rings (SSSR count). The van der Waals surface area contributed by atoms with Crippen molar-refractivity contribution in [1.82, 2.24) is 0 Å². The summed E-state index contributed by atoms with van der Waals surface area (Å²) < 4.78 is 41.6. The average molecular weight is 430 g/mol. The summed E-state index contributed by atoms with van der Waals surface area (Å²) >= 11 is -1.89. The minimum absolute atomic E-state index is 0.490. The zero-order chi connectivity index (χ0) is 16.3. The van der Waals surface area contributed by atoms with Crippen LogP contribution in [0.2, 0.25) is 7.87 Å². The topological polar surface area (TPSA) is 0 Å². The van der Waals surface area contributed by atoms with Gasteiger partial charge in [-0.25, -0.2) is 0 Å². The summed E-state index contributed by atoms with van der Waals surface area (Å²) in [6.45, 7) is 0. The van der Waals surface area contributed by atoms with Crippen LogP contribution in [-0.4, -0.2) is 19.8 Å². The molecule has 0 heterocycles. The maximum absolute atomic E-state index is 12.8. The summed E-state index contributed by atoms with van der Waals surface area (Å²) in [6, 6.07) is 6.37. The summed E-state index contributed by atoms with van der Waals surface area (Å²) in [5.74, 6) is 0. The van der Waals surface area contributed by atoms with Crippen molar-refractivity contribution in [3.63, 3.8) is 0 Å². The molecule has 1 aromatic carbocycles. The zero-order valence-corrected chi connectivity index (χ0v) is 16.5. The predicted octanol–water partition coefficient (Wildman–Crippen LogP) is 6.08. The van der Waals surface area contributed by atoms with Gasteiger partial charge in [0.15, 0.2) is 0 Å². The van der Waals surface area contributed by atoms with Crippen molar-refractivity contribution in [2.45, 2.75) is 78.3 Å². The second-order valence-electron chi connectivity index (χ2n) is 7.20. The van der Waals surface area contributed by atoms with Crippen molar-refractivity contribution in [1.29, 1.82) is 0 Å². The molecule has 2 saturated carbocycles. The summed E-state index contributed by atoms with van der Waals surface area (Å²) in [7, 11) is 0. The minimum atomic E-state index is -4.21. The molecule has 0 aliphatic heterocycles. The van der Waals surface area contributed by atoms with E-state index in [1.807, 2.05) is 12.1 Å². The van der Waals surface area contributed by atoms with Gasteiger partial charge >= 0.3 is 145 Å². The first-order chi connectivity index (χ1) is 11.1. The van der Waals surface area contributed by atoms with Gasteiger partial charge in [-0.1, -0.05) is 0 Å². The molecule has 2 aliphatic rings. The molecule has 0 spiro atoms. The molecule has 0 atom stereocenters. The third kappa shape index (κ3) is 4.46. The fourth-order valence-electron chi connectivity index (χ4n) is 4.48. The molecule has 0 aromatic heterocycles. The Morgan fingerprint density at radius 1 is 0.696 bits per heavy atom. The Morgan fingerprint density at radius 3 is 1.52 bits per heavy atom. The van der Waals surface area contributed by atoms with Gasteiger partial charge in [0.2, 0.25) is 0 Å². The Bertz CT molecular complexity index is 464. The summed E-state index contributed by atoms with van der Waals surface area (Å²) in [5, 5.41) is 0. The first-order valence-electron chi connectivity index (χ1n) is 9.10. The van der Waals surface area contributed by atoms with Crippen LogP contribution in [0.15, 0.2) is 24.3 Å². The fraction of sp³-hybridized carbons (Fsp3) is 0.684. The predicted molar refractivity (Wildman–Crippen MR) is 90.5 cm³/mol. The molecular weight excluding hydrogens is 404 g/mol. The monoisotopic (exact) mass is 431 g/mol. The first kappa shape index (κ1) is 17.6. The van der Waals surface area contributed by atoms with Crippen molar-refractivity contribution in [2.24, 2.45) is 0 Å². The Morgan fingerprint density at radius 2 is 1.13 bits per heavy atom. The number of halogens is 3. The van der Waals surface area contributed by atoms with Crippen molar-refractivity contribution in [2.75, 3.05) is 0 Å². The van der Waals surface area contributed by atoms with Gasteiger partial charge in [-0.15, -0.1) is 0 Å². The molecule has 0 amide bonds. The van der Waals surface area contributed by atoms with Crippen molar-refractivity contribution in [3.8, 4) is 0 Å². The van der Waals surface area contributed by atoms with Crippen LogP contribution in [0.4, 0.5) is 13.2 Å². The molecule has 2 fully saturated rings. The van der Waals surface area contributed by atoms with Gasteiger partial charge < -0.3 is 0 Å². The van der Waals surface area contributed by atoms with Crippen LogP contribution in [0.1, 0.15) is 69.8 Å². The van der Waals surface area contributed by atoms with E-state index in [2.05, 4.69) is 0 Å². The Kier molecular flexibility index (Phi) is 5.97. The second-order valence-corrected chi connectivity index (χ2v) is 16.1. The van der Waals surface area contributed by atoms with Gasteiger partial charge in [0.1, 0.15) is 0 Å². The Balaban J connectivity index is 1.84. The molecule has 0 nitrogen and oxygen atoms in total. The Hall–Kier alpha value is -0.191. The van der Waals surface area contributed by atoms with E-state index in [9.17, 15) is 13.2 Å². The zero-order valence-electron chi connectivity index (χ0n) is 13.7. The van der Waals surface area contributed by atoms with Crippen LogP contribution < -0.4 is 3.58 Å². The molecule has 1 radical (unpaired) electrons. The van der Waals surface area contributed by atoms with Crippen molar-refractivity contribution < 1.29 is 13.2 Å². The SMILES string of the molecule is FC(F)(F)c1cc[c]([Sn]([CH]2CCCCC2)[CH]2CCCCC2)cc1. The number of benzene rings is 1. The number of alkyl halides is 3. The second kappa shape index (κ2) is 7.79. The van der Waals surface area contributed by atoms with Crippen LogP contribution in [0, 0.1) is 0 Å². The molecule has 0 bridgehead atoms. The standard InChI is InChI=1S/C7H4F3.2C6H11.Sn/c8-7(9,10)6-4-2-1-3-5-6;2*1-2-4-6-5-3-1;/h2-5H;2*1H,2-6H2;. The molecular formula is C19H26F3Sn. The Labute approximate surface area is 144 Å².